The van der Waals surface area contributed by atoms with Crippen molar-refractivity contribution >= 4 is 17.3 Å². The number of carboxylic acid groups (broad SMARTS) is 1. The number of hydrogen-bond acceptors (Lipinski definition) is 6. The van der Waals surface area contributed by atoms with E-state index in [4.69, 9.17) is 4.74 Å². The zero-order chi connectivity index (χ0) is 20.3. The molecule has 2 N–H and O–H groups in total. The van der Waals surface area contributed by atoms with Crippen molar-refractivity contribution in [3.8, 4) is 0 Å². The van der Waals surface area contributed by atoms with Gasteiger partial charge in [-0.15, -0.1) is 0 Å². The molecule has 0 spiro atoms. The minimum absolute atomic E-state index is 0.0208. The summed E-state index contributed by atoms with van der Waals surface area (Å²) in [6, 6.07) is 9.83. The van der Waals surface area contributed by atoms with Gasteiger partial charge in [0.05, 0.1) is 24.1 Å². The standard InChI is InChI=1S/C18H17F2N3O5/c19-13-8-15(16(23(26)27)9-14(13)20)22-7-6-21-11-18(22,17(24)25)28-10-12-4-2-1-3-5-12/h1-5,8-9,21H,6-7,10-11H2,(H,24,25). The Morgan fingerprint density at radius 3 is 2.61 bits per heavy atom. The summed E-state index contributed by atoms with van der Waals surface area (Å²) in [5.41, 5.74) is -2.45. The summed E-state index contributed by atoms with van der Waals surface area (Å²) in [6.07, 6.45) is 0. The quantitative estimate of drug-likeness (QED) is 0.573. The van der Waals surface area contributed by atoms with Crippen LogP contribution in [0.25, 0.3) is 0 Å². The predicted octanol–water partition coefficient (Wildman–Crippen LogP) is 2.28. The van der Waals surface area contributed by atoms with Crippen molar-refractivity contribution in [3.05, 3.63) is 69.8 Å². The van der Waals surface area contributed by atoms with Gasteiger partial charge in [-0.3, -0.25) is 10.1 Å². The molecular formula is C18H17F2N3O5. The predicted molar refractivity (Wildman–Crippen MR) is 94.8 cm³/mol. The summed E-state index contributed by atoms with van der Waals surface area (Å²) in [4.78, 5) is 23.8. The Hall–Kier alpha value is -3.11. The lowest BCUT2D eigenvalue weighted by Gasteiger charge is -2.44. The molecular weight excluding hydrogens is 376 g/mol. The van der Waals surface area contributed by atoms with Gasteiger partial charge in [0.15, 0.2) is 11.6 Å². The van der Waals surface area contributed by atoms with Gasteiger partial charge in [-0.25, -0.2) is 13.6 Å². The lowest BCUT2D eigenvalue weighted by molar-refractivity contribution is -0.384. The molecule has 1 atom stereocenters. The van der Waals surface area contributed by atoms with E-state index in [2.05, 4.69) is 5.32 Å². The van der Waals surface area contributed by atoms with Crippen LogP contribution in [0.4, 0.5) is 20.2 Å². The lowest BCUT2D eigenvalue weighted by Crippen LogP contribution is -2.67. The maximum absolute atomic E-state index is 13.9. The number of carboxylic acids is 1. The Kier molecular flexibility index (Phi) is 5.52. The molecule has 10 heteroatoms. The summed E-state index contributed by atoms with van der Waals surface area (Å²) in [7, 11) is 0. The summed E-state index contributed by atoms with van der Waals surface area (Å²) < 4.78 is 33.1. The summed E-state index contributed by atoms with van der Waals surface area (Å²) >= 11 is 0. The first-order valence-electron chi connectivity index (χ1n) is 8.38. The summed E-state index contributed by atoms with van der Waals surface area (Å²) in [6.45, 7) is -0.0407. The second-order valence-corrected chi connectivity index (χ2v) is 6.20. The molecule has 0 amide bonds. The van der Waals surface area contributed by atoms with Crippen molar-refractivity contribution < 1.29 is 28.3 Å². The van der Waals surface area contributed by atoms with Crippen LogP contribution in [0.3, 0.4) is 0 Å². The number of aliphatic carboxylic acids is 1. The Bertz CT molecular complexity index is 896. The van der Waals surface area contributed by atoms with Crippen molar-refractivity contribution in [2.75, 3.05) is 24.5 Å². The highest BCUT2D eigenvalue weighted by Crippen LogP contribution is 2.36. The van der Waals surface area contributed by atoms with E-state index in [1.165, 1.54) is 0 Å². The molecule has 1 aliphatic rings. The monoisotopic (exact) mass is 393 g/mol. The van der Waals surface area contributed by atoms with E-state index in [0.29, 0.717) is 17.7 Å². The number of halogens is 2. The third-order valence-electron chi connectivity index (χ3n) is 4.47. The molecule has 2 aromatic carbocycles. The number of nitro groups is 1. The molecule has 0 aliphatic carbocycles. The fourth-order valence-electron chi connectivity index (χ4n) is 3.09. The number of nitrogens with one attached hydrogen (secondary N) is 1. The van der Waals surface area contributed by atoms with Crippen LogP contribution in [0.2, 0.25) is 0 Å². The molecule has 0 aromatic heterocycles. The third-order valence-corrected chi connectivity index (χ3v) is 4.47. The van der Waals surface area contributed by atoms with Crippen LogP contribution >= 0.6 is 0 Å². The Morgan fingerprint density at radius 1 is 1.29 bits per heavy atom. The van der Waals surface area contributed by atoms with Crippen LogP contribution in [0.5, 0.6) is 0 Å². The van der Waals surface area contributed by atoms with Crippen molar-refractivity contribution in [2.24, 2.45) is 0 Å². The van der Waals surface area contributed by atoms with Crippen LogP contribution in [-0.4, -0.2) is 41.4 Å². The zero-order valence-electron chi connectivity index (χ0n) is 14.6. The van der Waals surface area contributed by atoms with Crippen molar-refractivity contribution in [2.45, 2.75) is 12.3 Å². The van der Waals surface area contributed by atoms with E-state index >= 15 is 0 Å². The maximum Gasteiger partial charge on any atom is 0.358 e. The minimum atomic E-state index is -2.04. The SMILES string of the molecule is O=C(O)C1(OCc2ccccc2)CNCCN1c1cc(F)c(F)cc1[N+](=O)[O-]. The number of anilines is 1. The van der Waals surface area contributed by atoms with E-state index < -0.39 is 33.9 Å². The molecule has 3 rings (SSSR count). The normalized spacial score (nSPS) is 19.4. The van der Waals surface area contributed by atoms with E-state index in [-0.39, 0.29) is 31.9 Å². The molecule has 1 saturated heterocycles. The average molecular weight is 393 g/mol. The second-order valence-electron chi connectivity index (χ2n) is 6.20. The summed E-state index contributed by atoms with van der Waals surface area (Å²) in [5.74, 6) is -4.12. The maximum atomic E-state index is 13.9. The number of hydrogen-bond donors (Lipinski definition) is 2. The molecule has 1 fully saturated rings. The fraction of sp³-hybridized carbons (Fsp3) is 0.278. The third kappa shape index (κ3) is 3.64. The zero-order valence-corrected chi connectivity index (χ0v) is 14.6. The molecule has 1 heterocycles. The van der Waals surface area contributed by atoms with Gasteiger partial charge in [0.1, 0.15) is 5.69 Å². The molecule has 1 aliphatic heterocycles. The number of benzene rings is 2. The Labute approximate surface area is 158 Å². The highest BCUT2D eigenvalue weighted by molar-refractivity contribution is 5.84. The first-order chi connectivity index (χ1) is 13.3. The van der Waals surface area contributed by atoms with E-state index in [0.717, 1.165) is 4.90 Å². The van der Waals surface area contributed by atoms with Crippen LogP contribution in [0.15, 0.2) is 42.5 Å². The molecule has 8 nitrogen and oxygen atoms in total. The van der Waals surface area contributed by atoms with Gasteiger partial charge >= 0.3 is 5.97 Å². The molecule has 2 aromatic rings. The van der Waals surface area contributed by atoms with Gasteiger partial charge in [-0.2, -0.15) is 0 Å². The second kappa shape index (κ2) is 7.87. The first kappa shape index (κ1) is 19.6. The first-order valence-corrected chi connectivity index (χ1v) is 8.38. The number of piperazine rings is 1. The Morgan fingerprint density at radius 2 is 1.96 bits per heavy atom. The van der Waals surface area contributed by atoms with Gasteiger partial charge in [0.25, 0.3) is 11.4 Å². The molecule has 28 heavy (non-hydrogen) atoms. The van der Waals surface area contributed by atoms with Crippen LogP contribution in [0.1, 0.15) is 5.56 Å². The van der Waals surface area contributed by atoms with Gasteiger partial charge in [0, 0.05) is 19.2 Å². The highest BCUT2D eigenvalue weighted by atomic mass is 19.2. The van der Waals surface area contributed by atoms with Gasteiger partial charge in [0.2, 0.25) is 0 Å². The van der Waals surface area contributed by atoms with Crippen LogP contribution in [0, 0.1) is 21.7 Å². The Balaban J connectivity index is 2.05. The molecule has 148 valence electrons. The lowest BCUT2D eigenvalue weighted by atomic mass is 10.1. The van der Waals surface area contributed by atoms with Crippen LogP contribution < -0.4 is 10.2 Å². The molecule has 0 radical (unpaired) electrons. The number of nitrogens with zero attached hydrogens (tertiary/aromatic N) is 2. The largest absolute Gasteiger partial charge is 0.478 e. The van der Waals surface area contributed by atoms with Crippen LogP contribution in [-0.2, 0) is 16.1 Å². The topological polar surface area (TPSA) is 105 Å². The van der Waals surface area contributed by atoms with E-state index in [9.17, 15) is 28.8 Å². The molecule has 0 bridgehead atoms. The number of carbonyl (C=O) groups is 1. The van der Waals surface area contributed by atoms with E-state index in [1.807, 2.05) is 0 Å². The minimum Gasteiger partial charge on any atom is -0.478 e. The summed E-state index contributed by atoms with van der Waals surface area (Å²) in [5, 5.41) is 24.2. The number of nitro benzene ring substituents is 1. The molecule has 1 unspecified atom stereocenters. The van der Waals surface area contributed by atoms with E-state index in [1.54, 1.807) is 30.3 Å². The highest BCUT2D eigenvalue weighted by Gasteiger charge is 2.49. The van der Waals surface area contributed by atoms with Crippen molar-refractivity contribution in [1.82, 2.24) is 5.32 Å². The van der Waals surface area contributed by atoms with Gasteiger partial charge in [-0.1, -0.05) is 30.3 Å². The molecule has 0 saturated carbocycles. The fourth-order valence-corrected chi connectivity index (χ4v) is 3.09. The smallest absolute Gasteiger partial charge is 0.358 e. The number of ether oxygens (including phenoxy) is 1. The average Bonchev–Trinajstić information content (AvgIpc) is 2.69. The van der Waals surface area contributed by atoms with Gasteiger partial charge in [-0.05, 0) is 5.56 Å². The van der Waals surface area contributed by atoms with Crippen molar-refractivity contribution in [3.63, 3.8) is 0 Å². The van der Waals surface area contributed by atoms with Crippen molar-refractivity contribution in [1.29, 1.82) is 0 Å². The number of rotatable bonds is 6. The van der Waals surface area contributed by atoms with Gasteiger partial charge < -0.3 is 20.1 Å².